The van der Waals surface area contributed by atoms with Crippen molar-refractivity contribution >= 4 is 22.3 Å². The summed E-state index contributed by atoms with van der Waals surface area (Å²) in [7, 11) is 0. The van der Waals surface area contributed by atoms with Crippen molar-refractivity contribution in [1.82, 2.24) is 19.2 Å². The molecule has 0 spiro atoms. The van der Waals surface area contributed by atoms with Crippen LogP contribution >= 0.6 is 0 Å². The number of Topliss-reactive ketones (excluding diaryl/α,β-unsaturated/α-hetero) is 1. The number of hydrogen-bond donors (Lipinski definition) is 0. The zero-order valence-corrected chi connectivity index (χ0v) is 15.8. The number of fused-ring (bicyclic) bond motifs is 4. The van der Waals surface area contributed by atoms with Crippen molar-refractivity contribution in [3.63, 3.8) is 0 Å². The number of nitrogens with zero attached hydrogens (tertiary/aromatic N) is 4. The number of rotatable bonds is 5. The minimum absolute atomic E-state index is 0.113. The Hall–Kier alpha value is -3.68. The van der Waals surface area contributed by atoms with Crippen LogP contribution in [-0.4, -0.2) is 31.7 Å². The summed E-state index contributed by atoms with van der Waals surface area (Å²) in [4.78, 5) is 30.6. The lowest BCUT2D eigenvalue weighted by atomic mass is 10.1. The minimum Gasteiger partial charge on any atom is -0.454 e. The molecule has 29 heavy (non-hydrogen) atoms. The molecule has 0 saturated heterocycles. The highest BCUT2D eigenvalue weighted by molar-refractivity contribution is 5.98. The Morgan fingerprint density at radius 1 is 1.14 bits per heavy atom. The summed E-state index contributed by atoms with van der Waals surface area (Å²) in [6.45, 7) is 2.06. The lowest BCUT2D eigenvalue weighted by Gasteiger charge is -2.10. The fourth-order valence-electron chi connectivity index (χ4n) is 3.57. The second-order valence-corrected chi connectivity index (χ2v) is 6.89. The maximum absolute atomic E-state index is 13.1. The topological polar surface area (TPSA) is 87.7 Å². The lowest BCUT2D eigenvalue weighted by Crippen LogP contribution is -2.30. The van der Waals surface area contributed by atoms with Crippen molar-refractivity contribution < 1.29 is 14.3 Å². The van der Waals surface area contributed by atoms with Crippen LogP contribution in [0.2, 0.25) is 0 Å². The molecule has 3 heterocycles. The van der Waals surface area contributed by atoms with E-state index in [1.165, 1.54) is 9.08 Å². The molecule has 4 aromatic rings. The van der Waals surface area contributed by atoms with Gasteiger partial charge in [0.05, 0.1) is 12.1 Å². The second-order valence-electron chi connectivity index (χ2n) is 6.89. The van der Waals surface area contributed by atoms with Gasteiger partial charge in [0.25, 0.3) is 0 Å². The van der Waals surface area contributed by atoms with Crippen molar-refractivity contribution in [2.75, 3.05) is 6.79 Å². The number of aryl methyl sites for hydroxylation is 1. The van der Waals surface area contributed by atoms with Crippen LogP contribution in [0.15, 0.2) is 47.3 Å². The monoisotopic (exact) mass is 390 g/mol. The number of benzene rings is 2. The van der Waals surface area contributed by atoms with E-state index >= 15 is 0 Å². The van der Waals surface area contributed by atoms with Gasteiger partial charge in [0.15, 0.2) is 28.8 Å². The Bertz CT molecular complexity index is 1320. The third kappa shape index (κ3) is 2.84. The molecule has 8 heteroatoms. The Labute approximate surface area is 165 Å². The average Bonchev–Trinajstić information content (AvgIpc) is 3.37. The standard InChI is InChI=1S/C21H18N4O4/c1-2-5-19-22-20-14-6-3-4-7-15(14)24(21(27)25(20)23-19)11-16(26)13-8-9-17-18(10-13)29-12-28-17/h3-4,6-10H,2,5,11-12H2,1H3. The quantitative estimate of drug-likeness (QED) is 0.487. The first-order valence-electron chi connectivity index (χ1n) is 9.45. The van der Waals surface area contributed by atoms with Crippen molar-refractivity contribution in [3.8, 4) is 11.5 Å². The van der Waals surface area contributed by atoms with Gasteiger partial charge in [-0.25, -0.2) is 9.78 Å². The first-order chi connectivity index (χ1) is 14.2. The van der Waals surface area contributed by atoms with Gasteiger partial charge in [0.2, 0.25) is 6.79 Å². The molecule has 0 amide bonds. The van der Waals surface area contributed by atoms with Crippen molar-refractivity contribution in [1.29, 1.82) is 0 Å². The highest BCUT2D eigenvalue weighted by atomic mass is 16.7. The van der Waals surface area contributed by atoms with Crippen LogP contribution in [-0.2, 0) is 13.0 Å². The fourth-order valence-corrected chi connectivity index (χ4v) is 3.57. The maximum atomic E-state index is 13.1. The Balaban J connectivity index is 1.62. The minimum atomic E-state index is -0.386. The van der Waals surface area contributed by atoms with Gasteiger partial charge in [0, 0.05) is 17.4 Å². The molecular formula is C21H18N4O4. The molecule has 1 aliphatic rings. The van der Waals surface area contributed by atoms with E-state index in [9.17, 15) is 9.59 Å². The molecule has 0 fully saturated rings. The average molecular weight is 390 g/mol. The van der Waals surface area contributed by atoms with Crippen LogP contribution in [0, 0.1) is 0 Å². The molecule has 2 aromatic heterocycles. The van der Waals surface area contributed by atoms with E-state index in [0.717, 1.165) is 11.8 Å². The normalized spacial score (nSPS) is 12.7. The number of aromatic nitrogens is 4. The molecule has 0 unspecified atom stereocenters. The summed E-state index contributed by atoms with van der Waals surface area (Å²) < 4.78 is 13.4. The van der Waals surface area contributed by atoms with E-state index < -0.39 is 0 Å². The summed E-state index contributed by atoms with van der Waals surface area (Å²) in [5.41, 5.74) is 1.23. The van der Waals surface area contributed by atoms with Gasteiger partial charge in [-0.1, -0.05) is 19.1 Å². The molecule has 8 nitrogen and oxygen atoms in total. The Morgan fingerprint density at radius 2 is 1.97 bits per heavy atom. The van der Waals surface area contributed by atoms with Gasteiger partial charge in [-0.05, 0) is 36.8 Å². The van der Waals surface area contributed by atoms with Crippen LogP contribution in [0.5, 0.6) is 11.5 Å². The van der Waals surface area contributed by atoms with Crippen molar-refractivity contribution in [3.05, 3.63) is 64.3 Å². The SMILES string of the molecule is CCCc1nc2c3ccccc3n(CC(=O)c3ccc4c(c3)OCO4)c(=O)n2n1. The van der Waals surface area contributed by atoms with E-state index in [-0.39, 0.29) is 24.8 Å². The third-order valence-corrected chi connectivity index (χ3v) is 4.97. The number of hydrogen-bond acceptors (Lipinski definition) is 6. The van der Waals surface area contributed by atoms with Crippen LogP contribution in [0.25, 0.3) is 16.6 Å². The molecule has 1 aliphatic heterocycles. The molecule has 0 atom stereocenters. The molecular weight excluding hydrogens is 372 g/mol. The maximum Gasteiger partial charge on any atom is 0.351 e. The van der Waals surface area contributed by atoms with Gasteiger partial charge in [-0.2, -0.15) is 4.52 Å². The van der Waals surface area contributed by atoms with Crippen LogP contribution in [0.4, 0.5) is 0 Å². The molecule has 2 aromatic carbocycles. The number of carbonyl (C=O) groups excluding carboxylic acids is 1. The van der Waals surface area contributed by atoms with Crippen LogP contribution in [0.1, 0.15) is 29.5 Å². The van der Waals surface area contributed by atoms with Gasteiger partial charge in [0.1, 0.15) is 0 Å². The third-order valence-electron chi connectivity index (χ3n) is 4.97. The number of ether oxygens (including phenoxy) is 2. The fraction of sp³-hybridized carbons (Fsp3) is 0.238. The van der Waals surface area contributed by atoms with Crippen LogP contribution in [0.3, 0.4) is 0 Å². The lowest BCUT2D eigenvalue weighted by molar-refractivity contribution is 0.0971. The van der Waals surface area contributed by atoms with E-state index in [0.29, 0.717) is 40.5 Å². The van der Waals surface area contributed by atoms with E-state index in [2.05, 4.69) is 10.1 Å². The number of ketones is 1. The number of carbonyl (C=O) groups is 1. The Morgan fingerprint density at radius 3 is 2.83 bits per heavy atom. The second kappa shape index (κ2) is 6.73. The zero-order valence-electron chi connectivity index (χ0n) is 15.8. The molecule has 0 N–H and O–H groups in total. The molecule has 5 rings (SSSR count). The predicted molar refractivity (Wildman–Crippen MR) is 106 cm³/mol. The summed E-state index contributed by atoms with van der Waals surface area (Å²) in [6, 6.07) is 12.4. The first-order valence-corrected chi connectivity index (χ1v) is 9.45. The molecule has 0 bridgehead atoms. The van der Waals surface area contributed by atoms with Crippen molar-refractivity contribution in [2.24, 2.45) is 0 Å². The van der Waals surface area contributed by atoms with E-state index in [1.54, 1.807) is 18.2 Å². The molecule has 146 valence electrons. The van der Waals surface area contributed by atoms with Gasteiger partial charge in [-0.15, -0.1) is 5.10 Å². The number of para-hydroxylation sites is 1. The summed E-state index contributed by atoms with van der Waals surface area (Å²) >= 11 is 0. The van der Waals surface area contributed by atoms with E-state index in [1.807, 2.05) is 31.2 Å². The summed E-state index contributed by atoms with van der Waals surface area (Å²) in [6.07, 6.45) is 1.57. The molecule has 0 aliphatic carbocycles. The van der Waals surface area contributed by atoms with Crippen molar-refractivity contribution in [2.45, 2.75) is 26.3 Å². The smallest absolute Gasteiger partial charge is 0.351 e. The van der Waals surface area contributed by atoms with Gasteiger partial charge < -0.3 is 9.47 Å². The first kappa shape index (κ1) is 17.4. The molecule has 0 saturated carbocycles. The highest BCUT2D eigenvalue weighted by Gasteiger charge is 2.19. The zero-order chi connectivity index (χ0) is 20.0. The van der Waals surface area contributed by atoms with Gasteiger partial charge >= 0.3 is 5.69 Å². The highest BCUT2D eigenvalue weighted by Crippen LogP contribution is 2.32. The molecule has 0 radical (unpaired) electrons. The largest absolute Gasteiger partial charge is 0.454 e. The van der Waals surface area contributed by atoms with Gasteiger partial charge in [-0.3, -0.25) is 9.36 Å². The van der Waals surface area contributed by atoms with E-state index in [4.69, 9.17) is 9.47 Å². The Kier molecular flexibility index (Phi) is 4.04. The van der Waals surface area contributed by atoms with Crippen LogP contribution < -0.4 is 15.2 Å². The summed E-state index contributed by atoms with van der Waals surface area (Å²) in [5.74, 6) is 1.55. The summed E-state index contributed by atoms with van der Waals surface area (Å²) in [5, 5.41) is 5.14. The predicted octanol–water partition coefficient (Wildman–Crippen LogP) is 2.61.